The highest BCUT2D eigenvalue weighted by Gasteiger charge is 2.04. The highest BCUT2D eigenvalue weighted by Crippen LogP contribution is 2.07. The third-order valence-corrected chi connectivity index (χ3v) is 3.41. The third-order valence-electron chi connectivity index (χ3n) is 2.69. The number of benzene rings is 2. The lowest BCUT2D eigenvalue weighted by molar-refractivity contribution is 0.0954. The molecule has 19 heavy (non-hydrogen) atoms. The molecular weight excluding hydrogens is 356 g/mol. The number of carbonyl (C=O) groups is 1. The molecule has 0 aliphatic rings. The Morgan fingerprint density at radius 2 is 1.89 bits per heavy atom. The molecule has 0 aliphatic carbocycles. The molecule has 0 heterocycles. The minimum absolute atomic E-state index is 0.104. The zero-order chi connectivity index (χ0) is 13.7. The normalized spacial score (nSPS) is 10.2. The molecule has 0 saturated carbocycles. The number of amides is 1. The number of nitrogens with one attached hydrogen (secondary N) is 1. The fourth-order valence-corrected chi connectivity index (χ4v) is 2.08. The Labute approximate surface area is 125 Å². The van der Waals surface area contributed by atoms with Crippen LogP contribution in [-0.2, 0) is 6.42 Å². The van der Waals surface area contributed by atoms with E-state index >= 15 is 0 Å². The Balaban J connectivity index is 1.86. The van der Waals surface area contributed by atoms with E-state index < -0.39 is 0 Å². The summed E-state index contributed by atoms with van der Waals surface area (Å²) in [4.78, 5) is 11.8. The summed E-state index contributed by atoms with van der Waals surface area (Å²) in [6.45, 7) is 0.494. The van der Waals surface area contributed by atoms with E-state index in [1.165, 1.54) is 12.1 Å². The predicted molar refractivity (Wildman–Crippen MR) is 81.6 cm³/mol. The zero-order valence-electron chi connectivity index (χ0n) is 10.2. The molecule has 0 radical (unpaired) electrons. The van der Waals surface area contributed by atoms with Crippen molar-refractivity contribution in [2.75, 3.05) is 6.54 Å². The summed E-state index contributed by atoms with van der Waals surface area (Å²) in [6, 6.07) is 13.8. The SMILES string of the molecule is O=C(NCCc1cccc(F)c1)c1ccc(I)cc1. The van der Waals surface area contributed by atoms with Crippen molar-refractivity contribution in [1.82, 2.24) is 5.32 Å². The largest absolute Gasteiger partial charge is 0.352 e. The summed E-state index contributed by atoms with van der Waals surface area (Å²) in [7, 11) is 0. The quantitative estimate of drug-likeness (QED) is 0.823. The van der Waals surface area contributed by atoms with Crippen LogP contribution in [0.1, 0.15) is 15.9 Å². The van der Waals surface area contributed by atoms with Crippen LogP contribution in [0.15, 0.2) is 48.5 Å². The first-order valence-electron chi connectivity index (χ1n) is 5.93. The molecule has 1 N–H and O–H groups in total. The first-order chi connectivity index (χ1) is 9.15. The minimum atomic E-state index is -0.249. The molecule has 0 unspecified atom stereocenters. The molecule has 2 aromatic rings. The summed E-state index contributed by atoms with van der Waals surface area (Å²) in [5, 5.41) is 2.82. The van der Waals surface area contributed by atoms with Gasteiger partial charge in [-0.15, -0.1) is 0 Å². The van der Waals surface area contributed by atoms with E-state index in [1.54, 1.807) is 18.2 Å². The second kappa shape index (κ2) is 6.65. The van der Waals surface area contributed by atoms with Crippen LogP contribution in [0, 0.1) is 9.39 Å². The van der Waals surface area contributed by atoms with Gasteiger partial charge in [0.1, 0.15) is 5.82 Å². The first-order valence-corrected chi connectivity index (χ1v) is 7.01. The number of carbonyl (C=O) groups excluding carboxylic acids is 1. The molecule has 0 atom stereocenters. The molecule has 1 amide bonds. The van der Waals surface area contributed by atoms with Gasteiger partial charge in [-0.2, -0.15) is 0 Å². The summed E-state index contributed by atoms with van der Waals surface area (Å²) in [5.74, 6) is -0.353. The average molecular weight is 369 g/mol. The number of hydrogen-bond acceptors (Lipinski definition) is 1. The summed E-state index contributed by atoms with van der Waals surface area (Å²) >= 11 is 2.19. The van der Waals surface area contributed by atoms with E-state index in [1.807, 2.05) is 18.2 Å². The van der Waals surface area contributed by atoms with E-state index in [0.717, 1.165) is 9.13 Å². The zero-order valence-corrected chi connectivity index (χ0v) is 12.4. The lowest BCUT2D eigenvalue weighted by Gasteiger charge is -2.05. The standard InChI is InChI=1S/C15H13FINO/c16-13-3-1-2-11(10-13)8-9-18-15(19)12-4-6-14(17)7-5-12/h1-7,10H,8-9H2,(H,18,19). The van der Waals surface area contributed by atoms with Crippen LogP contribution in [0.2, 0.25) is 0 Å². The van der Waals surface area contributed by atoms with Crippen LogP contribution in [0.5, 0.6) is 0 Å². The number of hydrogen-bond donors (Lipinski definition) is 1. The molecule has 2 nitrogen and oxygen atoms in total. The van der Waals surface area contributed by atoms with E-state index in [-0.39, 0.29) is 11.7 Å². The Kier molecular flexibility index (Phi) is 4.90. The van der Waals surface area contributed by atoms with E-state index in [2.05, 4.69) is 27.9 Å². The van der Waals surface area contributed by atoms with Crippen LogP contribution >= 0.6 is 22.6 Å². The maximum atomic E-state index is 13.0. The monoisotopic (exact) mass is 369 g/mol. The summed E-state index contributed by atoms with van der Waals surface area (Å²) < 4.78 is 14.1. The van der Waals surface area contributed by atoms with Gasteiger partial charge in [0.05, 0.1) is 0 Å². The van der Waals surface area contributed by atoms with E-state index in [4.69, 9.17) is 0 Å². The number of rotatable bonds is 4. The summed E-state index contributed by atoms with van der Waals surface area (Å²) in [5.41, 5.74) is 1.52. The number of halogens is 2. The fourth-order valence-electron chi connectivity index (χ4n) is 1.72. The highest BCUT2D eigenvalue weighted by atomic mass is 127. The molecule has 0 fully saturated rings. The lowest BCUT2D eigenvalue weighted by atomic mass is 10.1. The highest BCUT2D eigenvalue weighted by molar-refractivity contribution is 14.1. The summed E-state index contributed by atoms with van der Waals surface area (Å²) in [6.07, 6.45) is 0.619. The van der Waals surface area contributed by atoms with Crippen molar-refractivity contribution in [3.63, 3.8) is 0 Å². The van der Waals surface area contributed by atoms with Crippen molar-refractivity contribution in [3.05, 3.63) is 69.0 Å². The van der Waals surface area contributed by atoms with Gasteiger partial charge in [-0.1, -0.05) is 12.1 Å². The Bertz CT molecular complexity index is 569. The molecule has 2 aromatic carbocycles. The average Bonchev–Trinajstić information content (AvgIpc) is 2.39. The van der Waals surface area contributed by atoms with Crippen molar-refractivity contribution in [2.24, 2.45) is 0 Å². The maximum Gasteiger partial charge on any atom is 0.251 e. The molecular formula is C15H13FINO. The van der Waals surface area contributed by atoms with Crippen molar-refractivity contribution in [1.29, 1.82) is 0 Å². The molecule has 0 aliphatic heterocycles. The van der Waals surface area contributed by atoms with E-state index in [0.29, 0.717) is 18.5 Å². The Morgan fingerprint density at radius 3 is 2.58 bits per heavy atom. The van der Waals surface area contributed by atoms with Gasteiger partial charge in [0.2, 0.25) is 0 Å². The van der Waals surface area contributed by atoms with E-state index in [9.17, 15) is 9.18 Å². The lowest BCUT2D eigenvalue weighted by Crippen LogP contribution is -2.25. The van der Waals surface area contributed by atoms with Gasteiger partial charge in [0, 0.05) is 15.7 Å². The molecule has 0 aromatic heterocycles. The van der Waals surface area contributed by atoms with Crippen LogP contribution in [0.3, 0.4) is 0 Å². The van der Waals surface area contributed by atoms with Gasteiger partial charge in [0.25, 0.3) is 5.91 Å². The third kappa shape index (κ3) is 4.31. The van der Waals surface area contributed by atoms with Gasteiger partial charge in [0.15, 0.2) is 0 Å². The Morgan fingerprint density at radius 1 is 1.16 bits per heavy atom. The molecule has 0 spiro atoms. The first kappa shape index (κ1) is 14.0. The minimum Gasteiger partial charge on any atom is -0.352 e. The maximum absolute atomic E-state index is 13.0. The van der Waals surface area contributed by atoms with Gasteiger partial charge < -0.3 is 5.32 Å². The topological polar surface area (TPSA) is 29.1 Å². The molecule has 2 rings (SSSR count). The predicted octanol–water partition coefficient (Wildman–Crippen LogP) is 3.40. The van der Waals surface area contributed by atoms with Gasteiger partial charge in [-0.3, -0.25) is 4.79 Å². The molecule has 98 valence electrons. The van der Waals surface area contributed by atoms with Gasteiger partial charge in [-0.25, -0.2) is 4.39 Å². The van der Waals surface area contributed by atoms with Crippen LogP contribution in [0.4, 0.5) is 4.39 Å². The van der Waals surface area contributed by atoms with Gasteiger partial charge >= 0.3 is 0 Å². The van der Waals surface area contributed by atoms with Crippen molar-refractivity contribution < 1.29 is 9.18 Å². The molecule has 0 saturated heterocycles. The Hall–Kier alpha value is -1.43. The van der Waals surface area contributed by atoms with Crippen molar-refractivity contribution in [3.8, 4) is 0 Å². The van der Waals surface area contributed by atoms with Gasteiger partial charge in [-0.05, 0) is 71.0 Å². The fraction of sp³-hybridized carbons (Fsp3) is 0.133. The van der Waals surface area contributed by atoms with Crippen LogP contribution in [0.25, 0.3) is 0 Å². The van der Waals surface area contributed by atoms with Crippen LogP contribution < -0.4 is 5.32 Å². The smallest absolute Gasteiger partial charge is 0.251 e. The molecule has 0 bridgehead atoms. The second-order valence-corrected chi connectivity index (χ2v) is 5.39. The van der Waals surface area contributed by atoms with Crippen molar-refractivity contribution >= 4 is 28.5 Å². The molecule has 4 heteroatoms. The van der Waals surface area contributed by atoms with Crippen LogP contribution in [-0.4, -0.2) is 12.5 Å². The van der Waals surface area contributed by atoms with Crippen molar-refractivity contribution in [2.45, 2.75) is 6.42 Å². The second-order valence-electron chi connectivity index (χ2n) is 4.14.